The van der Waals surface area contributed by atoms with Crippen molar-refractivity contribution in [2.24, 2.45) is 17.3 Å². The van der Waals surface area contributed by atoms with Crippen LogP contribution in [-0.4, -0.2) is 0 Å². The molecule has 2 rings (SSSR count). The second kappa shape index (κ2) is 2.01. The van der Waals surface area contributed by atoms with E-state index in [-0.39, 0.29) is 0 Å². The highest BCUT2D eigenvalue weighted by atomic mass is 35.5. The van der Waals surface area contributed by atoms with Crippen LogP contribution in [0.25, 0.3) is 0 Å². The van der Waals surface area contributed by atoms with Crippen molar-refractivity contribution in [2.75, 3.05) is 0 Å². The summed E-state index contributed by atoms with van der Waals surface area (Å²) in [5, 5.41) is 6.68. The van der Waals surface area contributed by atoms with Gasteiger partial charge in [-0.25, -0.2) is 4.57 Å². The third-order valence-electron chi connectivity index (χ3n) is 1.58. The lowest BCUT2D eigenvalue weighted by molar-refractivity contribution is -0.672. The lowest BCUT2D eigenvalue weighted by atomic mass is 10.2. The first-order valence-electron chi connectivity index (χ1n) is 3.29. The number of hydrogen-bond donors (Lipinski definition) is 0. The van der Waals surface area contributed by atoms with Gasteiger partial charge in [0.2, 0.25) is 0 Å². The van der Waals surface area contributed by atoms with E-state index >= 15 is 0 Å². The smallest absolute Gasteiger partial charge is 0.207 e. The minimum Gasteiger partial charge on any atom is -0.207 e. The highest BCUT2D eigenvalue weighted by Gasteiger charge is 2.41. The lowest BCUT2D eigenvalue weighted by Gasteiger charge is -1.97. The molecule has 2 heterocycles. The molecule has 0 N–H and O–H groups in total. The van der Waals surface area contributed by atoms with Gasteiger partial charge in [0.05, 0.1) is 5.56 Å². The molecule has 0 atom stereocenters. The van der Waals surface area contributed by atoms with E-state index in [2.05, 4.69) is 10.2 Å². The molecule has 0 radical (unpaired) electrons. The van der Waals surface area contributed by atoms with E-state index in [1.807, 2.05) is 36.1 Å². The second-order valence-corrected chi connectivity index (χ2v) is 3.07. The van der Waals surface area contributed by atoms with Crippen LogP contribution >= 0.6 is 11.6 Å². The third-order valence-corrected chi connectivity index (χ3v) is 1.95. The van der Waals surface area contributed by atoms with Crippen LogP contribution in [0.2, 0.25) is 0 Å². The Morgan fingerprint density at radius 3 is 2.82 bits per heavy atom. The van der Waals surface area contributed by atoms with Crippen molar-refractivity contribution < 1.29 is 4.57 Å². The molecule has 1 aromatic rings. The van der Waals surface area contributed by atoms with Gasteiger partial charge in [0, 0.05) is 6.07 Å². The zero-order chi connectivity index (χ0) is 7.90. The summed E-state index contributed by atoms with van der Waals surface area (Å²) >= 11 is 5.89. The molecule has 0 aliphatic carbocycles. The summed E-state index contributed by atoms with van der Waals surface area (Å²) in [6.45, 7) is 0. The quantitative estimate of drug-likeness (QED) is 0.344. The van der Waals surface area contributed by atoms with Gasteiger partial charge >= 0.3 is 0 Å². The molecule has 11 heavy (non-hydrogen) atoms. The van der Waals surface area contributed by atoms with Crippen LogP contribution in [0.3, 0.4) is 0 Å². The predicted octanol–water partition coefficient (Wildman–Crippen LogP) is 1.33. The standard InChI is InChI=1S/C7H7ClN3/c1-11-4-2-3-6(5-11)7(8)9-10-7/h2-5H,1H3/q+1. The monoisotopic (exact) mass is 168 g/mol. The molecule has 3 nitrogen and oxygen atoms in total. The van der Waals surface area contributed by atoms with E-state index in [1.165, 1.54) is 0 Å². The summed E-state index contributed by atoms with van der Waals surface area (Å²) in [4.78, 5) is 0. The molecule has 1 aromatic heterocycles. The number of aromatic nitrogens is 1. The maximum Gasteiger partial charge on any atom is 0.294 e. The van der Waals surface area contributed by atoms with E-state index in [0.29, 0.717) is 0 Å². The highest BCUT2D eigenvalue weighted by Crippen LogP contribution is 2.42. The van der Waals surface area contributed by atoms with Gasteiger partial charge in [-0.05, 0) is 6.07 Å². The number of alkyl halides is 1. The summed E-state index contributed by atoms with van der Waals surface area (Å²) < 4.78 is 1.92. The molecule has 0 fully saturated rings. The minimum atomic E-state index is -0.765. The molecule has 0 bridgehead atoms. The fraction of sp³-hybridized carbons (Fsp3) is 0.286. The Hall–Kier alpha value is -0.960. The first kappa shape index (κ1) is 6.73. The van der Waals surface area contributed by atoms with Gasteiger partial charge in [-0.3, -0.25) is 0 Å². The topological polar surface area (TPSA) is 28.6 Å². The molecule has 0 spiro atoms. The zero-order valence-electron chi connectivity index (χ0n) is 6.03. The van der Waals surface area contributed by atoms with Gasteiger partial charge in [0.1, 0.15) is 7.05 Å². The normalized spacial score (nSPS) is 18.4. The van der Waals surface area contributed by atoms with Crippen LogP contribution < -0.4 is 4.57 Å². The Morgan fingerprint density at radius 1 is 1.55 bits per heavy atom. The fourth-order valence-corrected chi connectivity index (χ4v) is 1.09. The molecular formula is C7H7ClN3+. The average Bonchev–Trinajstić information content (AvgIpc) is 2.70. The first-order valence-corrected chi connectivity index (χ1v) is 3.67. The molecule has 0 amide bonds. The first-order chi connectivity index (χ1) is 5.21. The van der Waals surface area contributed by atoms with Crippen molar-refractivity contribution >= 4 is 11.6 Å². The van der Waals surface area contributed by atoms with Crippen LogP contribution in [-0.2, 0) is 12.2 Å². The predicted molar refractivity (Wildman–Crippen MR) is 40.0 cm³/mol. The van der Waals surface area contributed by atoms with Crippen molar-refractivity contribution in [1.29, 1.82) is 0 Å². The molecule has 4 heteroatoms. The van der Waals surface area contributed by atoms with Crippen molar-refractivity contribution in [1.82, 2.24) is 0 Å². The lowest BCUT2D eigenvalue weighted by Crippen LogP contribution is -2.27. The summed E-state index contributed by atoms with van der Waals surface area (Å²) in [6, 6.07) is 3.83. The van der Waals surface area contributed by atoms with E-state index < -0.39 is 5.12 Å². The molecule has 0 unspecified atom stereocenters. The molecule has 1 aliphatic rings. The Bertz CT molecular complexity index is 315. The Labute approximate surface area is 69.3 Å². The van der Waals surface area contributed by atoms with Gasteiger partial charge in [-0.2, -0.15) is 0 Å². The van der Waals surface area contributed by atoms with Crippen molar-refractivity contribution in [3.63, 3.8) is 0 Å². The minimum absolute atomic E-state index is 0.765. The number of halogens is 1. The van der Waals surface area contributed by atoms with Crippen molar-refractivity contribution in [3.8, 4) is 0 Å². The number of hydrogen-bond acceptors (Lipinski definition) is 2. The number of aryl methyl sites for hydroxylation is 1. The van der Waals surface area contributed by atoms with Crippen LogP contribution in [0, 0.1) is 0 Å². The maximum atomic E-state index is 5.89. The third kappa shape index (κ3) is 1.12. The molecule has 56 valence electrons. The molecule has 1 aliphatic heterocycles. The molecule has 0 saturated carbocycles. The largest absolute Gasteiger partial charge is 0.294 e. The van der Waals surface area contributed by atoms with Crippen LogP contribution in [0.4, 0.5) is 0 Å². The van der Waals surface area contributed by atoms with Gasteiger partial charge in [-0.15, -0.1) is 10.2 Å². The maximum absolute atomic E-state index is 5.89. The average molecular weight is 169 g/mol. The van der Waals surface area contributed by atoms with Crippen molar-refractivity contribution in [3.05, 3.63) is 30.1 Å². The summed E-state index contributed by atoms with van der Waals surface area (Å²) in [5.74, 6) is 0. The number of rotatable bonds is 1. The summed E-state index contributed by atoms with van der Waals surface area (Å²) in [7, 11) is 1.94. The number of pyridine rings is 1. The van der Waals surface area contributed by atoms with Gasteiger partial charge < -0.3 is 0 Å². The van der Waals surface area contributed by atoms with Crippen molar-refractivity contribution in [2.45, 2.75) is 5.12 Å². The summed E-state index contributed by atoms with van der Waals surface area (Å²) in [5.41, 5.74) is 0.921. The van der Waals surface area contributed by atoms with E-state index in [1.54, 1.807) is 0 Å². The molecule has 0 aromatic carbocycles. The Morgan fingerprint density at radius 2 is 2.27 bits per heavy atom. The van der Waals surface area contributed by atoms with Gasteiger partial charge in [0.15, 0.2) is 12.4 Å². The molecular weight excluding hydrogens is 162 g/mol. The van der Waals surface area contributed by atoms with Gasteiger partial charge in [0.25, 0.3) is 5.12 Å². The van der Waals surface area contributed by atoms with Crippen LogP contribution in [0.1, 0.15) is 5.56 Å². The van der Waals surface area contributed by atoms with Gasteiger partial charge in [-0.1, -0.05) is 11.6 Å². The number of nitrogens with zero attached hydrogens (tertiary/aromatic N) is 3. The van der Waals surface area contributed by atoms with E-state index in [0.717, 1.165) is 5.56 Å². The Balaban J connectivity index is 2.39. The summed E-state index contributed by atoms with van der Waals surface area (Å²) in [6.07, 6.45) is 3.85. The second-order valence-electron chi connectivity index (χ2n) is 2.55. The van der Waals surface area contributed by atoms with Crippen LogP contribution in [0.5, 0.6) is 0 Å². The zero-order valence-corrected chi connectivity index (χ0v) is 6.78. The van der Waals surface area contributed by atoms with Crippen LogP contribution in [0.15, 0.2) is 34.8 Å². The molecule has 0 saturated heterocycles. The fourth-order valence-electron chi connectivity index (χ4n) is 0.935. The van der Waals surface area contributed by atoms with E-state index in [9.17, 15) is 0 Å². The highest BCUT2D eigenvalue weighted by molar-refractivity contribution is 6.24. The SMILES string of the molecule is C[n+]1cccc(C2(Cl)N=N2)c1. The Kier molecular flexibility index (Phi) is 1.23. The van der Waals surface area contributed by atoms with E-state index in [4.69, 9.17) is 11.6 Å².